The molecule has 7 heteroatoms. The van der Waals surface area contributed by atoms with E-state index >= 15 is 0 Å². The van der Waals surface area contributed by atoms with Crippen LogP contribution in [0.3, 0.4) is 0 Å². The number of para-hydroxylation sites is 1. The largest absolute Gasteiger partial charge is 0.277 e. The fraction of sp³-hybridized carbons (Fsp3) is 0. The van der Waals surface area contributed by atoms with Crippen molar-refractivity contribution in [3.05, 3.63) is 60.2 Å². The molecule has 4 rings (SSSR count). The van der Waals surface area contributed by atoms with Gasteiger partial charge in [-0.3, -0.25) is 9.71 Å². The second-order valence-corrected chi connectivity index (χ2v) is 7.54. The Bertz CT molecular complexity index is 1120. The first-order valence-corrected chi connectivity index (χ1v) is 9.20. The smallest absolute Gasteiger partial charge is 0.262 e. The van der Waals surface area contributed by atoms with Crippen molar-refractivity contribution < 1.29 is 8.42 Å². The maximum Gasteiger partial charge on any atom is 0.262 e. The lowest BCUT2D eigenvalue weighted by Crippen LogP contribution is -2.13. The van der Waals surface area contributed by atoms with Crippen LogP contribution in [0.25, 0.3) is 21.1 Å². The first kappa shape index (κ1) is 14.1. The van der Waals surface area contributed by atoms with Crippen molar-refractivity contribution in [1.29, 1.82) is 0 Å². The molecule has 0 fully saturated rings. The summed E-state index contributed by atoms with van der Waals surface area (Å²) in [4.78, 5) is 8.64. The van der Waals surface area contributed by atoms with Crippen LogP contribution in [0.4, 0.5) is 5.69 Å². The van der Waals surface area contributed by atoms with Gasteiger partial charge in [-0.15, -0.1) is 11.3 Å². The zero-order chi connectivity index (χ0) is 15.9. The van der Waals surface area contributed by atoms with Gasteiger partial charge in [-0.25, -0.2) is 13.4 Å². The van der Waals surface area contributed by atoms with Crippen LogP contribution >= 0.6 is 11.3 Å². The van der Waals surface area contributed by atoms with Crippen molar-refractivity contribution in [2.75, 3.05) is 4.72 Å². The molecule has 0 spiro atoms. The Morgan fingerprint density at radius 2 is 1.87 bits per heavy atom. The maximum atomic E-state index is 12.7. The highest BCUT2D eigenvalue weighted by molar-refractivity contribution is 7.92. The van der Waals surface area contributed by atoms with E-state index in [1.54, 1.807) is 42.0 Å². The van der Waals surface area contributed by atoms with Crippen LogP contribution in [0, 0.1) is 0 Å². The molecule has 0 unspecified atom stereocenters. The van der Waals surface area contributed by atoms with Gasteiger partial charge in [-0.05, 0) is 30.3 Å². The molecule has 0 amide bonds. The highest BCUT2D eigenvalue weighted by Gasteiger charge is 2.16. The number of rotatable bonds is 3. The Hall–Kier alpha value is -2.51. The lowest BCUT2D eigenvalue weighted by atomic mass is 10.2. The molecule has 2 aromatic carbocycles. The maximum absolute atomic E-state index is 12.7. The minimum atomic E-state index is -3.69. The molecule has 23 heavy (non-hydrogen) atoms. The first-order chi connectivity index (χ1) is 11.1. The van der Waals surface area contributed by atoms with Gasteiger partial charge in [0.05, 0.1) is 31.8 Å². The summed E-state index contributed by atoms with van der Waals surface area (Å²) in [7, 11) is -3.69. The predicted molar refractivity (Wildman–Crippen MR) is 92.2 cm³/mol. The Morgan fingerprint density at radius 1 is 1.00 bits per heavy atom. The molecule has 0 atom stereocenters. The van der Waals surface area contributed by atoms with E-state index < -0.39 is 10.0 Å². The van der Waals surface area contributed by atoms with Gasteiger partial charge in [0, 0.05) is 11.6 Å². The molecule has 2 aromatic heterocycles. The third-order valence-corrected chi connectivity index (χ3v) is 5.64. The molecular formula is C16H11N3O2S2. The minimum Gasteiger partial charge on any atom is -0.277 e. The van der Waals surface area contributed by atoms with Crippen molar-refractivity contribution in [2.24, 2.45) is 0 Å². The lowest BCUT2D eigenvalue weighted by Gasteiger charge is -2.10. The number of anilines is 1. The number of pyridine rings is 1. The fourth-order valence-electron chi connectivity index (χ4n) is 2.39. The molecule has 0 aliphatic carbocycles. The van der Waals surface area contributed by atoms with Crippen molar-refractivity contribution in [1.82, 2.24) is 9.97 Å². The summed E-state index contributed by atoms with van der Waals surface area (Å²) in [6, 6.07) is 14.0. The molecule has 114 valence electrons. The summed E-state index contributed by atoms with van der Waals surface area (Å²) < 4.78 is 28.8. The van der Waals surface area contributed by atoms with Crippen molar-refractivity contribution in [3.8, 4) is 0 Å². The zero-order valence-corrected chi connectivity index (χ0v) is 13.4. The van der Waals surface area contributed by atoms with E-state index in [2.05, 4.69) is 14.7 Å². The average Bonchev–Trinajstić information content (AvgIpc) is 3.02. The number of fused-ring (bicyclic) bond motifs is 2. The summed E-state index contributed by atoms with van der Waals surface area (Å²) in [6.45, 7) is 0. The molecule has 4 aromatic rings. The van der Waals surface area contributed by atoms with Gasteiger partial charge in [0.15, 0.2) is 0 Å². The molecule has 0 radical (unpaired) electrons. The van der Waals surface area contributed by atoms with Crippen LogP contribution in [0.15, 0.2) is 65.1 Å². The minimum absolute atomic E-state index is 0.210. The van der Waals surface area contributed by atoms with Crippen molar-refractivity contribution in [3.63, 3.8) is 0 Å². The van der Waals surface area contributed by atoms with E-state index in [9.17, 15) is 8.42 Å². The quantitative estimate of drug-likeness (QED) is 0.617. The van der Waals surface area contributed by atoms with E-state index in [0.29, 0.717) is 11.2 Å². The van der Waals surface area contributed by atoms with Gasteiger partial charge in [0.1, 0.15) is 0 Å². The van der Waals surface area contributed by atoms with Gasteiger partial charge >= 0.3 is 0 Å². The molecule has 0 saturated heterocycles. The number of aromatic nitrogens is 2. The number of sulfonamides is 1. The first-order valence-electron chi connectivity index (χ1n) is 6.83. The Kier molecular flexibility index (Phi) is 3.24. The summed E-state index contributed by atoms with van der Waals surface area (Å²) in [6.07, 6.45) is 1.64. The zero-order valence-electron chi connectivity index (χ0n) is 11.8. The number of hydrogen-bond acceptors (Lipinski definition) is 5. The van der Waals surface area contributed by atoms with Gasteiger partial charge in [0.2, 0.25) is 0 Å². The molecule has 0 saturated carbocycles. The standard InChI is InChI=1S/C16H11N3O2S2/c20-23(21,12-6-7-13-15(9-12)22-10-18-13)19-14-5-1-3-11-4-2-8-17-16(11)14/h1-10,19H. The van der Waals surface area contributed by atoms with E-state index in [-0.39, 0.29) is 4.90 Å². The average molecular weight is 341 g/mol. The van der Waals surface area contributed by atoms with E-state index in [4.69, 9.17) is 0 Å². The van der Waals surface area contributed by atoms with Crippen LogP contribution in [-0.2, 0) is 10.0 Å². The lowest BCUT2D eigenvalue weighted by molar-refractivity contribution is 0.601. The fourth-order valence-corrected chi connectivity index (χ4v) is 4.28. The van der Waals surface area contributed by atoms with Gasteiger partial charge in [-0.1, -0.05) is 18.2 Å². The Balaban J connectivity index is 1.79. The van der Waals surface area contributed by atoms with Crippen LogP contribution < -0.4 is 4.72 Å². The molecule has 1 N–H and O–H groups in total. The molecule has 0 bridgehead atoms. The van der Waals surface area contributed by atoms with E-state index in [1.165, 1.54) is 11.3 Å². The number of nitrogens with one attached hydrogen (secondary N) is 1. The highest BCUT2D eigenvalue weighted by atomic mass is 32.2. The Labute approximate surface area is 136 Å². The number of benzene rings is 2. The third-order valence-electron chi connectivity index (χ3n) is 3.49. The highest BCUT2D eigenvalue weighted by Crippen LogP contribution is 2.26. The molecular weight excluding hydrogens is 330 g/mol. The van der Waals surface area contributed by atoms with Crippen molar-refractivity contribution in [2.45, 2.75) is 4.90 Å². The SMILES string of the molecule is O=S(=O)(Nc1cccc2cccnc12)c1ccc2ncsc2c1. The summed E-state index contributed by atoms with van der Waals surface area (Å²) in [5.41, 5.74) is 3.58. The molecule has 0 aliphatic rings. The molecule has 0 aliphatic heterocycles. The monoisotopic (exact) mass is 341 g/mol. The van der Waals surface area contributed by atoms with Crippen LogP contribution in [0.1, 0.15) is 0 Å². The summed E-state index contributed by atoms with van der Waals surface area (Å²) in [5.74, 6) is 0. The van der Waals surface area contributed by atoms with Crippen molar-refractivity contribution >= 4 is 48.2 Å². The normalized spacial score (nSPS) is 11.8. The Morgan fingerprint density at radius 3 is 2.78 bits per heavy atom. The van der Waals surface area contributed by atoms with E-state index in [1.807, 2.05) is 18.2 Å². The second-order valence-electron chi connectivity index (χ2n) is 4.97. The van der Waals surface area contributed by atoms with Gasteiger partial charge < -0.3 is 0 Å². The number of hydrogen-bond donors (Lipinski definition) is 1. The topological polar surface area (TPSA) is 72.0 Å². The second kappa shape index (κ2) is 5.29. The third kappa shape index (κ3) is 2.54. The van der Waals surface area contributed by atoms with Crippen LogP contribution in [0.5, 0.6) is 0 Å². The van der Waals surface area contributed by atoms with Gasteiger partial charge in [0.25, 0.3) is 10.0 Å². The number of nitrogens with zero attached hydrogens (tertiary/aromatic N) is 2. The summed E-state index contributed by atoms with van der Waals surface area (Å²) >= 11 is 1.41. The van der Waals surface area contributed by atoms with Crippen LogP contribution in [-0.4, -0.2) is 18.4 Å². The van der Waals surface area contributed by atoms with Crippen LogP contribution in [0.2, 0.25) is 0 Å². The number of thiazole rings is 1. The molecule has 5 nitrogen and oxygen atoms in total. The summed E-state index contributed by atoms with van der Waals surface area (Å²) in [5, 5.41) is 0.880. The van der Waals surface area contributed by atoms with Gasteiger partial charge in [-0.2, -0.15) is 0 Å². The van der Waals surface area contributed by atoms with E-state index in [0.717, 1.165) is 15.6 Å². The predicted octanol–water partition coefficient (Wildman–Crippen LogP) is 3.65. The molecule has 2 heterocycles.